The van der Waals surface area contributed by atoms with Crippen molar-refractivity contribution in [3.8, 4) is 11.4 Å². The molecule has 1 saturated heterocycles. The minimum absolute atomic E-state index is 0.430. The van der Waals surface area contributed by atoms with Gasteiger partial charge < -0.3 is 4.48 Å². The number of piperidine rings is 1. The first-order valence-electron chi connectivity index (χ1n) is 12.4. The monoisotopic (exact) mass is 480 g/mol. The van der Waals surface area contributed by atoms with E-state index in [1.165, 1.54) is 5.69 Å². The van der Waals surface area contributed by atoms with Gasteiger partial charge in [-0.25, -0.2) is 0 Å². The third-order valence-corrected chi connectivity index (χ3v) is 7.12. The number of nitrogens with zero attached hydrogens (tertiary/aromatic N) is 9. The maximum atomic E-state index is 4.85. The maximum Gasteiger partial charge on any atom is 0.137 e. The molecule has 1 atom stereocenters. The van der Waals surface area contributed by atoms with Crippen LogP contribution in [0.4, 0.5) is 0 Å². The Labute approximate surface area is 210 Å². The van der Waals surface area contributed by atoms with Gasteiger partial charge >= 0.3 is 0 Å². The zero-order valence-electron chi connectivity index (χ0n) is 20.4. The van der Waals surface area contributed by atoms with Crippen LogP contribution in [0.5, 0.6) is 0 Å². The summed E-state index contributed by atoms with van der Waals surface area (Å²) in [4.78, 5) is 3.44. The highest BCUT2D eigenvalue weighted by Gasteiger charge is 2.38. The molecule has 3 aromatic heterocycles. The Morgan fingerprint density at radius 1 is 0.778 bits per heavy atom. The van der Waals surface area contributed by atoms with E-state index >= 15 is 0 Å². The first-order chi connectivity index (χ1) is 17.7. The molecule has 1 aliphatic heterocycles. The SMILES string of the molecule is Cn1nccc1C1CCC[N+](Cc2cnn(-c3ccccc3)n2)(Cc2cnn(-c3ccccc3)n2)C1. The van der Waals surface area contributed by atoms with Gasteiger partial charge in [0.2, 0.25) is 0 Å². The van der Waals surface area contributed by atoms with Gasteiger partial charge in [0, 0.05) is 18.9 Å². The summed E-state index contributed by atoms with van der Waals surface area (Å²) in [7, 11) is 2.04. The number of rotatable bonds is 7. The van der Waals surface area contributed by atoms with Crippen molar-refractivity contribution in [2.75, 3.05) is 13.1 Å². The molecule has 5 aromatic rings. The Bertz CT molecular complexity index is 1340. The zero-order chi connectivity index (χ0) is 24.4. The Kier molecular flexibility index (Phi) is 5.90. The summed E-state index contributed by atoms with van der Waals surface area (Å²) in [5.41, 5.74) is 5.19. The van der Waals surface area contributed by atoms with Crippen LogP contribution in [0, 0.1) is 0 Å². The summed E-state index contributed by atoms with van der Waals surface area (Å²) in [6, 6.07) is 22.3. The highest BCUT2D eigenvalue weighted by atomic mass is 15.5. The topological polar surface area (TPSA) is 79.2 Å². The number of aryl methyl sites for hydroxylation is 1. The predicted octanol–water partition coefficient (Wildman–Crippen LogP) is 3.68. The van der Waals surface area contributed by atoms with Gasteiger partial charge in [0.1, 0.15) is 24.5 Å². The summed E-state index contributed by atoms with van der Waals surface area (Å²) in [5, 5.41) is 23.3. The molecule has 0 aliphatic carbocycles. The Morgan fingerprint density at radius 2 is 1.36 bits per heavy atom. The third kappa shape index (κ3) is 4.57. The number of quaternary nitrogens is 1. The number of para-hydroxylation sites is 2. The van der Waals surface area contributed by atoms with E-state index in [2.05, 4.69) is 21.4 Å². The molecule has 182 valence electrons. The number of hydrogen-bond donors (Lipinski definition) is 0. The molecule has 1 unspecified atom stereocenters. The van der Waals surface area contributed by atoms with E-state index in [9.17, 15) is 0 Å². The van der Waals surface area contributed by atoms with Crippen LogP contribution in [-0.2, 0) is 20.1 Å². The fraction of sp³-hybridized carbons (Fsp3) is 0.296. The van der Waals surface area contributed by atoms with E-state index in [0.29, 0.717) is 5.92 Å². The van der Waals surface area contributed by atoms with Crippen molar-refractivity contribution in [2.45, 2.75) is 31.8 Å². The normalized spacial score (nSPS) is 17.3. The largest absolute Gasteiger partial charge is 0.313 e. The Hall–Kier alpha value is -4.11. The lowest BCUT2D eigenvalue weighted by Crippen LogP contribution is -2.52. The molecule has 0 saturated carbocycles. The van der Waals surface area contributed by atoms with Crippen LogP contribution in [0.25, 0.3) is 11.4 Å². The lowest BCUT2D eigenvalue weighted by molar-refractivity contribution is -0.959. The minimum Gasteiger partial charge on any atom is -0.313 e. The minimum atomic E-state index is 0.430. The number of aromatic nitrogens is 8. The zero-order valence-corrected chi connectivity index (χ0v) is 20.4. The van der Waals surface area contributed by atoms with Gasteiger partial charge in [-0.15, -0.1) is 10.2 Å². The van der Waals surface area contributed by atoms with Gasteiger partial charge in [0.05, 0.1) is 42.8 Å². The summed E-state index contributed by atoms with van der Waals surface area (Å²) < 4.78 is 2.87. The average Bonchev–Trinajstić information content (AvgIpc) is 3.67. The van der Waals surface area contributed by atoms with Gasteiger partial charge in [0.25, 0.3) is 0 Å². The first kappa shape index (κ1) is 22.4. The smallest absolute Gasteiger partial charge is 0.137 e. The lowest BCUT2D eigenvalue weighted by Gasteiger charge is -2.43. The molecule has 4 heterocycles. The van der Waals surface area contributed by atoms with E-state index in [0.717, 1.165) is 66.3 Å². The van der Waals surface area contributed by atoms with Crippen molar-refractivity contribution in [2.24, 2.45) is 7.05 Å². The fourth-order valence-electron chi connectivity index (χ4n) is 5.49. The molecule has 0 amide bonds. The van der Waals surface area contributed by atoms with Crippen molar-refractivity contribution in [3.63, 3.8) is 0 Å². The van der Waals surface area contributed by atoms with Crippen molar-refractivity contribution in [1.29, 1.82) is 0 Å². The van der Waals surface area contributed by atoms with Crippen LogP contribution in [0.2, 0.25) is 0 Å². The number of hydrogen-bond acceptors (Lipinski definition) is 5. The van der Waals surface area contributed by atoms with Crippen molar-refractivity contribution >= 4 is 0 Å². The van der Waals surface area contributed by atoms with Crippen LogP contribution in [0.15, 0.2) is 85.3 Å². The summed E-state index contributed by atoms with van der Waals surface area (Å²) >= 11 is 0. The second-order valence-electron chi connectivity index (χ2n) is 9.70. The van der Waals surface area contributed by atoms with Crippen molar-refractivity contribution in [1.82, 2.24) is 39.8 Å². The van der Waals surface area contributed by atoms with Crippen LogP contribution in [-0.4, -0.2) is 57.3 Å². The van der Waals surface area contributed by atoms with E-state index in [-0.39, 0.29) is 0 Å². The molecule has 0 spiro atoms. The van der Waals surface area contributed by atoms with E-state index in [4.69, 9.17) is 10.2 Å². The average molecular weight is 481 g/mol. The summed E-state index contributed by atoms with van der Waals surface area (Å²) in [5.74, 6) is 0.430. The molecule has 2 aromatic carbocycles. The molecule has 9 nitrogen and oxygen atoms in total. The Balaban J connectivity index is 1.31. The molecule has 0 bridgehead atoms. The number of benzene rings is 2. The van der Waals surface area contributed by atoms with Crippen LogP contribution in [0.3, 0.4) is 0 Å². The van der Waals surface area contributed by atoms with Gasteiger partial charge in [0.15, 0.2) is 0 Å². The first-order valence-corrected chi connectivity index (χ1v) is 12.4. The second kappa shape index (κ2) is 9.50. The van der Waals surface area contributed by atoms with E-state index in [1.807, 2.05) is 91.0 Å². The van der Waals surface area contributed by atoms with E-state index < -0.39 is 0 Å². The number of likely N-dealkylation sites (tertiary alicyclic amines) is 1. The third-order valence-electron chi connectivity index (χ3n) is 7.12. The fourth-order valence-corrected chi connectivity index (χ4v) is 5.49. The molecule has 9 heteroatoms. The van der Waals surface area contributed by atoms with Crippen molar-refractivity contribution < 1.29 is 4.48 Å². The second-order valence-corrected chi connectivity index (χ2v) is 9.70. The molecule has 0 radical (unpaired) electrons. The standard InChI is InChI=1S/C27H30N9/c1-33-27(14-15-28-33)22-9-8-16-36(19-22,20-23-17-29-34(31-23)25-10-4-2-5-11-25)21-24-18-30-35(32-24)26-12-6-3-7-13-26/h2-7,10-15,17-18,22H,8-9,16,19-21H2,1H3/q+1. The Morgan fingerprint density at radius 3 is 1.89 bits per heavy atom. The molecule has 0 N–H and O–H groups in total. The molecular weight excluding hydrogens is 450 g/mol. The maximum absolute atomic E-state index is 4.85. The summed E-state index contributed by atoms with van der Waals surface area (Å²) in [6.07, 6.45) is 8.00. The van der Waals surface area contributed by atoms with Gasteiger partial charge in [-0.1, -0.05) is 36.4 Å². The highest BCUT2D eigenvalue weighted by Crippen LogP contribution is 2.34. The molecular formula is C27H30N9+. The highest BCUT2D eigenvalue weighted by molar-refractivity contribution is 5.29. The van der Waals surface area contributed by atoms with Gasteiger partial charge in [-0.2, -0.15) is 24.9 Å². The van der Waals surface area contributed by atoms with Crippen molar-refractivity contribution in [3.05, 3.63) is 102 Å². The van der Waals surface area contributed by atoms with Crippen LogP contribution >= 0.6 is 0 Å². The summed E-state index contributed by atoms with van der Waals surface area (Å²) in [6.45, 7) is 3.64. The van der Waals surface area contributed by atoms with Gasteiger partial charge in [-0.3, -0.25) is 4.68 Å². The molecule has 1 fully saturated rings. The van der Waals surface area contributed by atoms with Gasteiger partial charge in [-0.05, 0) is 43.2 Å². The van der Waals surface area contributed by atoms with E-state index in [1.54, 1.807) is 9.59 Å². The van der Waals surface area contributed by atoms with Crippen LogP contribution in [0.1, 0.15) is 35.8 Å². The molecule has 6 rings (SSSR count). The predicted molar refractivity (Wildman–Crippen MR) is 135 cm³/mol. The van der Waals surface area contributed by atoms with Crippen LogP contribution < -0.4 is 0 Å². The quantitative estimate of drug-likeness (QED) is 0.332. The lowest BCUT2D eigenvalue weighted by atomic mass is 9.92. The molecule has 1 aliphatic rings. The molecule has 36 heavy (non-hydrogen) atoms.